The van der Waals surface area contributed by atoms with E-state index in [-0.39, 0.29) is 5.84 Å². The molecule has 1 heterocycles. The Morgan fingerprint density at radius 3 is 2.75 bits per heavy atom. The van der Waals surface area contributed by atoms with Crippen molar-refractivity contribution in [2.24, 2.45) is 5.73 Å². The second-order valence-electron chi connectivity index (χ2n) is 4.55. The maximum atomic E-state index is 7.49. The minimum absolute atomic E-state index is 0.0998. The maximum Gasteiger partial charge on any atom is 0.171 e. The van der Waals surface area contributed by atoms with E-state index in [9.17, 15) is 0 Å². The number of aromatic nitrogens is 2. The van der Waals surface area contributed by atoms with E-state index >= 15 is 0 Å². The molecule has 4 nitrogen and oxygen atoms in total. The van der Waals surface area contributed by atoms with Gasteiger partial charge in [-0.3, -0.25) is 5.41 Å². The standard InChI is InChI=1S/C15H14N4S/c1-9-8-10(6-7-11(9)14(16)17)20-15-18-12-4-2-3-5-13(12)19-15/h2-8H,1H3,(H3,16,17)(H,18,19). The molecule has 0 saturated heterocycles. The highest BCUT2D eigenvalue weighted by Crippen LogP contribution is 2.28. The van der Waals surface area contributed by atoms with Gasteiger partial charge in [-0.15, -0.1) is 0 Å². The Balaban J connectivity index is 1.90. The van der Waals surface area contributed by atoms with Crippen molar-refractivity contribution < 1.29 is 0 Å². The molecule has 5 heteroatoms. The lowest BCUT2D eigenvalue weighted by molar-refractivity contribution is 1.08. The van der Waals surface area contributed by atoms with Crippen LogP contribution in [-0.2, 0) is 0 Å². The number of imidazole rings is 1. The van der Waals surface area contributed by atoms with Crippen molar-refractivity contribution in [3.63, 3.8) is 0 Å². The molecular weight excluding hydrogens is 268 g/mol. The van der Waals surface area contributed by atoms with E-state index in [1.807, 2.05) is 49.4 Å². The first kappa shape index (κ1) is 12.7. The van der Waals surface area contributed by atoms with Gasteiger partial charge in [-0.1, -0.05) is 23.9 Å². The summed E-state index contributed by atoms with van der Waals surface area (Å²) in [4.78, 5) is 8.90. The summed E-state index contributed by atoms with van der Waals surface area (Å²) in [5.74, 6) is 0.0998. The number of rotatable bonds is 3. The van der Waals surface area contributed by atoms with Gasteiger partial charge in [-0.25, -0.2) is 4.98 Å². The predicted octanol–water partition coefficient (Wildman–Crippen LogP) is 3.31. The van der Waals surface area contributed by atoms with E-state index in [4.69, 9.17) is 11.1 Å². The second-order valence-corrected chi connectivity index (χ2v) is 5.61. The summed E-state index contributed by atoms with van der Waals surface area (Å²) in [5.41, 5.74) is 9.30. The molecule has 0 radical (unpaired) electrons. The highest BCUT2D eigenvalue weighted by Gasteiger charge is 2.07. The van der Waals surface area contributed by atoms with Crippen molar-refractivity contribution in [2.75, 3.05) is 0 Å². The quantitative estimate of drug-likeness (QED) is 0.509. The van der Waals surface area contributed by atoms with Crippen molar-refractivity contribution in [1.82, 2.24) is 9.97 Å². The number of hydrogen-bond donors (Lipinski definition) is 3. The molecule has 100 valence electrons. The Labute approximate surface area is 120 Å². The van der Waals surface area contributed by atoms with Crippen LogP contribution in [0.25, 0.3) is 11.0 Å². The number of nitrogens with one attached hydrogen (secondary N) is 2. The number of nitrogen functional groups attached to an aromatic ring is 1. The van der Waals surface area contributed by atoms with Crippen molar-refractivity contribution >= 4 is 28.6 Å². The minimum Gasteiger partial charge on any atom is -0.384 e. The molecule has 0 aliphatic carbocycles. The largest absolute Gasteiger partial charge is 0.384 e. The van der Waals surface area contributed by atoms with Crippen LogP contribution < -0.4 is 5.73 Å². The Morgan fingerprint density at radius 1 is 1.25 bits per heavy atom. The molecule has 20 heavy (non-hydrogen) atoms. The van der Waals surface area contributed by atoms with Gasteiger partial charge in [0.1, 0.15) is 5.84 Å². The highest BCUT2D eigenvalue weighted by molar-refractivity contribution is 7.99. The molecule has 0 aliphatic heterocycles. The number of aromatic amines is 1. The van der Waals surface area contributed by atoms with Crippen LogP contribution in [0, 0.1) is 12.3 Å². The maximum absolute atomic E-state index is 7.49. The summed E-state index contributed by atoms with van der Waals surface area (Å²) in [6.07, 6.45) is 0. The third kappa shape index (κ3) is 2.40. The minimum atomic E-state index is 0.0998. The molecule has 0 spiro atoms. The van der Waals surface area contributed by atoms with Crippen molar-refractivity contribution in [2.45, 2.75) is 17.0 Å². The fraction of sp³-hybridized carbons (Fsp3) is 0.0667. The average Bonchev–Trinajstić information content (AvgIpc) is 2.80. The van der Waals surface area contributed by atoms with Gasteiger partial charge in [0.05, 0.1) is 11.0 Å². The predicted molar refractivity (Wildman–Crippen MR) is 82.4 cm³/mol. The van der Waals surface area contributed by atoms with Gasteiger partial charge in [-0.2, -0.15) is 0 Å². The molecule has 0 amide bonds. The van der Waals surface area contributed by atoms with E-state index in [1.54, 1.807) is 11.8 Å². The molecule has 4 N–H and O–H groups in total. The topological polar surface area (TPSA) is 78.5 Å². The van der Waals surface area contributed by atoms with Gasteiger partial charge < -0.3 is 10.7 Å². The summed E-state index contributed by atoms with van der Waals surface area (Å²) in [6.45, 7) is 1.96. The lowest BCUT2D eigenvalue weighted by atomic mass is 10.1. The lowest BCUT2D eigenvalue weighted by Crippen LogP contribution is -2.12. The highest BCUT2D eigenvalue weighted by atomic mass is 32.2. The molecule has 0 saturated carbocycles. The first-order valence-corrected chi connectivity index (χ1v) is 7.03. The van der Waals surface area contributed by atoms with Crippen molar-refractivity contribution in [3.8, 4) is 0 Å². The Morgan fingerprint density at radius 2 is 2.05 bits per heavy atom. The van der Waals surface area contributed by atoms with Crippen LogP contribution in [-0.4, -0.2) is 15.8 Å². The zero-order valence-corrected chi connectivity index (χ0v) is 11.8. The first-order valence-electron chi connectivity index (χ1n) is 6.21. The summed E-state index contributed by atoms with van der Waals surface area (Å²) in [7, 11) is 0. The monoisotopic (exact) mass is 282 g/mol. The van der Waals surface area contributed by atoms with Crippen LogP contribution in [0.1, 0.15) is 11.1 Å². The van der Waals surface area contributed by atoms with Gasteiger partial charge in [0.15, 0.2) is 5.16 Å². The molecule has 3 aromatic rings. The summed E-state index contributed by atoms with van der Waals surface area (Å²) < 4.78 is 0. The zero-order chi connectivity index (χ0) is 14.1. The van der Waals surface area contributed by atoms with Crippen molar-refractivity contribution in [1.29, 1.82) is 5.41 Å². The molecule has 0 unspecified atom stereocenters. The molecule has 0 fully saturated rings. The molecule has 0 atom stereocenters. The number of fused-ring (bicyclic) bond motifs is 1. The van der Waals surface area contributed by atoms with E-state index in [1.165, 1.54) is 0 Å². The van der Waals surface area contributed by atoms with Crippen LogP contribution in [0.2, 0.25) is 0 Å². The van der Waals surface area contributed by atoms with Gasteiger partial charge >= 0.3 is 0 Å². The third-order valence-electron chi connectivity index (χ3n) is 3.07. The summed E-state index contributed by atoms with van der Waals surface area (Å²) in [6, 6.07) is 13.8. The van der Waals surface area contributed by atoms with Crippen LogP contribution in [0.15, 0.2) is 52.5 Å². The number of H-pyrrole nitrogens is 1. The van der Waals surface area contributed by atoms with E-state index in [0.29, 0.717) is 0 Å². The number of para-hydroxylation sites is 2. The first-order chi connectivity index (χ1) is 9.63. The molecule has 2 aromatic carbocycles. The Bertz CT molecular complexity index is 758. The van der Waals surface area contributed by atoms with Gasteiger partial charge in [-0.05, 0) is 42.8 Å². The zero-order valence-electron chi connectivity index (χ0n) is 11.0. The molecule has 3 rings (SSSR count). The fourth-order valence-corrected chi connectivity index (χ4v) is 2.99. The SMILES string of the molecule is Cc1cc(Sc2nc3ccccc3[nH]2)ccc1C(=N)N. The normalized spacial score (nSPS) is 10.8. The van der Waals surface area contributed by atoms with Gasteiger partial charge in [0.25, 0.3) is 0 Å². The Hall–Kier alpha value is -2.27. The molecular formula is C15H14N4S. The van der Waals surface area contributed by atoms with E-state index < -0.39 is 0 Å². The number of hydrogen-bond acceptors (Lipinski definition) is 3. The van der Waals surface area contributed by atoms with Crippen molar-refractivity contribution in [3.05, 3.63) is 53.6 Å². The van der Waals surface area contributed by atoms with E-state index in [2.05, 4.69) is 9.97 Å². The molecule has 0 bridgehead atoms. The van der Waals surface area contributed by atoms with Crippen LogP contribution in [0.4, 0.5) is 0 Å². The molecule has 0 aliphatic rings. The van der Waals surface area contributed by atoms with Gasteiger partial charge in [0, 0.05) is 10.5 Å². The molecule has 1 aromatic heterocycles. The van der Waals surface area contributed by atoms with Crippen LogP contribution in [0.3, 0.4) is 0 Å². The van der Waals surface area contributed by atoms with E-state index in [0.717, 1.165) is 32.2 Å². The number of nitrogens with two attached hydrogens (primary N) is 1. The lowest BCUT2D eigenvalue weighted by Gasteiger charge is -2.05. The number of benzene rings is 2. The fourth-order valence-electron chi connectivity index (χ4n) is 2.09. The Kier molecular flexibility index (Phi) is 3.20. The smallest absolute Gasteiger partial charge is 0.171 e. The van der Waals surface area contributed by atoms with Crippen LogP contribution in [0.5, 0.6) is 0 Å². The number of nitrogens with zero attached hydrogens (tertiary/aromatic N) is 1. The average molecular weight is 282 g/mol. The third-order valence-corrected chi connectivity index (χ3v) is 3.95. The summed E-state index contributed by atoms with van der Waals surface area (Å²) >= 11 is 1.57. The van der Waals surface area contributed by atoms with Gasteiger partial charge in [0.2, 0.25) is 0 Å². The number of aryl methyl sites for hydroxylation is 1. The second kappa shape index (κ2) is 5.02. The van der Waals surface area contributed by atoms with Crippen LogP contribution >= 0.6 is 11.8 Å². The summed E-state index contributed by atoms with van der Waals surface area (Å²) in [5, 5.41) is 8.36. The number of amidine groups is 1.